The Bertz CT molecular complexity index is 1240. The molecule has 0 aliphatic heterocycles. The number of amides is 2. The van der Waals surface area contributed by atoms with Crippen LogP contribution in [-0.2, 0) is 17.8 Å². The maximum atomic E-state index is 12.3. The molecule has 0 spiro atoms. The number of hydrazine groups is 1. The van der Waals surface area contributed by atoms with E-state index in [0.717, 1.165) is 11.1 Å². The van der Waals surface area contributed by atoms with E-state index in [-0.39, 0.29) is 18.7 Å². The lowest BCUT2D eigenvalue weighted by molar-refractivity contribution is -0.121. The topological polar surface area (TPSA) is 119 Å². The summed E-state index contributed by atoms with van der Waals surface area (Å²) >= 11 is 5.86. The van der Waals surface area contributed by atoms with Gasteiger partial charge in [0.25, 0.3) is 5.91 Å². The van der Waals surface area contributed by atoms with E-state index >= 15 is 0 Å². The van der Waals surface area contributed by atoms with Crippen LogP contribution in [0.5, 0.6) is 5.75 Å². The van der Waals surface area contributed by atoms with Gasteiger partial charge >= 0.3 is 0 Å². The van der Waals surface area contributed by atoms with Gasteiger partial charge in [0, 0.05) is 41.4 Å². The number of ether oxygens (including phenoxy) is 1. The summed E-state index contributed by atoms with van der Waals surface area (Å²) in [5, 5.41) is 4.53. The van der Waals surface area contributed by atoms with Crippen molar-refractivity contribution in [2.75, 3.05) is 0 Å². The first-order valence-electron chi connectivity index (χ1n) is 10.4. The van der Waals surface area contributed by atoms with Crippen LogP contribution < -0.4 is 15.6 Å². The zero-order valence-corrected chi connectivity index (χ0v) is 18.7. The summed E-state index contributed by atoms with van der Waals surface area (Å²) in [6.45, 7) is 0.346. The van der Waals surface area contributed by atoms with E-state index in [4.69, 9.17) is 20.9 Å². The number of hydrogen-bond acceptors (Lipinski definition) is 7. The van der Waals surface area contributed by atoms with Crippen molar-refractivity contribution in [2.45, 2.75) is 19.4 Å². The third-order valence-corrected chi connectivity index (χ3v) is 4.98. The Hall–Kier alpha value is -4.24. The average molecular weight is 478 g/mol. The second-order valence-corrected chi connectivity index (χ2v) is 7.63. The zero-order valence-electron chi connectivity index (χ0n) is 17.9. The fraction of sp³-hybridized carbons (Fsp3) is 0.125. The van der Waals surface area contributed by atoms with Crippen molar-refractivity contribution in [3.05, 3.63) is 95.1 Å². The minimum Gasteiger partial charge on any atom is -0.489 e. The molecule has 4 aromatic rings. The highest BCUT2D eigenvalue weighted by Gasteiger charge is 2.12. The highest BCUT2D eigenvalue weighted by atomic mass is 35.5. The first kappa shape index (κ1) is 22.9. The summed E-state index contributed by atoms with van der Waals surface area (Å²) in [5.74, 6) is 0.627. The van der Waals surface area contributed by atoms with Crippen LogP contribution in [0.2, 0.25) is 5.02 Å². The van der Waals surface area contributed by atoms with Gasteiger partial charge in [0.15, 0.2) is 0 Å². The molecule has 0 aliphatic rings. The number of halogens is 1. The van der Waals surface area contributed by atoms with Crippen LogP contribution in [-0.4, -0.2) is 26.9 Å². The monoisotopic (exact) mass is 477 g/mol. The Balaban J connectivity index is 1.20. The van der Waals surface area contributed by atoms with Crippen molar-refractivity contribution in [2.24, 2.45) is 0 Å². The molecule has 0 atom stereocenters. The summed E-state index contributed by atoms with van der Waals surface area (Å²) in [5.41, 5.74) is 6.83. The molecule has 2 N–H and O–H groups in total. The molecule has 9 nitrogen and oxygen atoms in total. The van der Waals surface area contributed by atoms with Gasteiger partial charge in [-0.15, -0.1) is 0 Å². The summed E-state index contributed by atoms with van der Waals surface area (Å²) in [4.78, 5) is 32.6. The number of hydrogen-bond donors (Lipinski definition) is 2. The Morgan fingerprint density at radius 2 is 1.68 bits per heavy atom. The lowest BCUT2D eigenvalue weighted by atomic mass is 10.1. The molecule has 2 aromatic carbocycles. The number of carbonyl (C=O) groups is 2. The molecular formula is C24H20ClN5O4. The van der Waals surface area contributed by atoms with Crippen molar-refractivity contribution in [3.63, 3.8) is 0 Å². The number of carbonyl (C=O) groups excluding carboxylic acids is 2. The van der Waals surface area contributed by atoms with E-state index in [1.54, 1.807) is 73.1 Å². The standard InChI is InChI=1S/C24H20ClN5O4/c25-19-5-7-20(8-6-19)33-15-16-1-3-18(4-2-16)24(32)29-28-21(31)9-10-22-27-23(30-34-22)17-11-13-26-14-12-17/h1-8,11-14H,9-10,15H2,(H,28,31)(H,29,32). The molecule has 172 valence electrons. The Morgan fingerprint density at radius 3 is 2.41 bits per heavy atom. The molecule has 0 radical (unpaired) electrons. The Labute approximate surface area is 200 Å². The van der Waals surface area contributed by atoms with Crippen LogP contribution in [0.3, 0.4) is 0 Å². The number of aromatic nitrogens is 3. The zero-order chi connectivity index (χ0) is 23.8. The molecule has 0 saturated carbocycles. The lowest BCUT2D eigenvalue weighted by Crippen LogP contribution is -2.41. The second kappa shape index (κ2) is 11.1. The number of rotatable bonds is 8. The van der Waals surface area contributed by atoms with Crippen LogP contribution >= 0.6 is 11.6 Å². The number of nitrogens with zero attached hydrogens (tertiary/aromatic N) is 3. The molecule has 10 heteroatoms. The van der Waals surface area contributed by atoms with Crippen molar-refractivity contribution < 1.29 is 18.8 Å². The van der Waals surface area contributed by atoms with Crippen LogP contribution in [0.1, 0.15) is 28.2 Å². The number of pyridine rings is 1. The second-order valence-electron chi connectivity index (χ2n) is 7.19. The Kier molecular flexibility index (Phi) is 7.46. The fourth-order valence-electron chi connectivity index (χ4n) is 2.91. The van der Waals surface area contributed by atoms with E-state index in [1.165, 1.54) is 0 Å². The smallest absolute Gasteiger partial charge is 0.269 e. The number of aryl methyl sites for hydroxylation is 1. The highest BCUT2D eigenvalue weighted by Crippen LogP contribution is 2.17. The summed E-state index contributed by atoms with van der Waals surface area (Å²) in [6.07, 6.45) is 3.57. The van der Waals surface area contributed by atoms with Gasteiger partial charge in [-0.25, -0.2) is 0 Å². The lowest BCUT2D eigenvalue weighted by Gasteiger charge is -2.09. The van der Waals surface area contributed by atoms with Crippen molar-refractivity contribution in [3.8, 4) is 17.1 Å². The van der Waals surface area contributed by atoms with Gasteiger partial charge in [-0.1, -0.05) is 28.9 Å². The predicted octanol–water partition coefficient (Wildman–Crippen LogP) is 3.76. The van der Waals surface area contributed by atoms with Crippen molar-refractivity contribution in [1.29, 1.82) is 0 Å². The van der Waals surface area contributed by atoms with E-state index in [1.807, 2.05) is 0 Å². The minimum atomic E-state index is -0.434. The van der Waals surface area contributed by atoms with Crippen LogP contribution in [0.25, 0.3) is 11.4 Å². The summed E-state index contributed by atoms with van der Waals surface area (Å²) < 4.78 is 10.8. The molecule has 0 saturated heterocycles. The van der Waals surface area contributed by atoms with Gasteiger partial charge < -0.3 is 9.26 Å². The molecule has 2 amide bonds. The van der Waals surface area contributed by atoms with Gasteiger partial charge in [-0.2, -0.15) is 4.98 Å². The van der Waals surface area contributed by atoms with Crippen LogP contribution in [0.4, 0.5) is 0 Å². The largest absolute Gasteiger partial charge is 0.489 e. The van der Waals surface area contributed by atoms with Gasteiger partial charge in [-0.05, 0) is 54.1 Å². The quantitative estimate of drug-likeness (QED) is 0.371. The summed E-state index contributed by atoms with van der Waals surface area (Å²) in [7, 11) is 0. The number of nitrogens with one attached hydrogen (secondary N) is 2. The van der Waals surface area contributed by atoms with Crippen LogP contribution in [0.15, 0.2) is 77.6 Å². The van der Waals surface area contributed by atoms with Crippen molar-refractivity contribution >= 4 is 23.4 Å². The van der Waals surface area contributed by atoms with Gasteiger partial charge in [0.05, 0.1) is 0 Å². The van der Waals surface area contributed by atoms with E-state index < -0.39 is 5.91 Å². The molecule has 2 aromatic heterocycles. The van der Waals surface area contributed by atoms with E-state index in [9.17, 15) is 9.59 Å². The van der Waals surface area contributed by atoms with Crippen LogP contribution in [0, 0.1) is 0 Å². The molecule has 0 bridgehead atoms. The molecule has 0 fully saturated rings. The van der Waals surface area contributed by atoms with E-state index in [0.29, 0.717) is 34.7 Å². The van der Waals surface area contributed by atoms with Crippen molar-refractivity contribution in [1.82, 2.24) is 26.0 Å². The van der Waals surface area contributed by atoms with Gasteiger partial charge in [0.1, 0.15) is 12.4 Å². The fourth-order valence-corrected chi connectivity index (χ4v) is 3.03. The summed E-state index contributed by atoms with van der Waals surface area (Å²) in [6, 6.07) is 17.5. The molecule has 0 unspecified atom stereocenters. The SMILES string of the molecule is O=C(CCc1nc(-c2ccncc2)no1)NNC(=O)c1ccc(COc2ccc(Cl)cc2)cc1. The van der Waals surface area contributed by atoms with Gasteiger partial charge in [0.2, 0.25) is 17.6 Å². The maximum Gasteiger partial charge on any atom is 0.269 e. The van der Waals surface area contributed by atoms with Gasteiger partial charge in [-0.3, -0.25) is 25.4 Å². The average Bonchev–Trinajstić information content (AvgIpc) is 3.36. The highest BCUT2D eigenvalue weighted by molar-refractivity contribution is 6.30. The van der Waals surface area contributed by atoms with E-state index in [2.05, 4.69) is 26.0 Å². The Morgan fingerprint density at radius 1 is 0.941 bits per heavy atom. The molecule has 4 rings (SSSR count). The molecule has 34 heavy (non-hydrogen) atoms. The predicted molar refractivity (Wildman–Crippen MR) is 124 cm³/mol. The maximum absolute atomic E-state index is 12.3. The third kappa shape index (κ3) is 6.39. The first-order valence-corrected chi connectivity index (χ1v) is 10.7. The molecule has 2 heterocycles. The first-order chi connectivity index (χ1) is 16.6. The third-order valence-electron chi connectivity index (χ3n) is 4.72. The molecule has 0 aliphatic carbocycles. The molecular weight excluding hydrogens is 458 g/mol. The minimum absolute atomic E-state index is 0.0687. The normalized spacial score (nSPS) is 10.5. The number of benzene rings is 2.